The highest BCUT2D eigenvalue weighted by atomic mass is 79.9. The Balaban J connectivity index is 2.25. The molecule has 0 atom stereocenters. The minimum atomic E-state index is -3.57. The second-order valence-electron chi connectivity index (χ2n) is 4.67. The van der Waals surface area contributed by atoms with Gasteiger partial charge >= 0.3 is 0 Å². The first-order valence-electron chi connectivity index (χ1n) is 6.68. The lowest BCUT2D eigenvalue weighted by Crippen LogP contribution is -2.42. The third kappa shape index (κ3) is 3.94. The van der Waals surface area contributed by atoms with Gasteiger partial charge in [-0.25, -0.2) is 13.1 Å². The van der Waals surface area contributed by atoms with Gasteiger partial charge in [-0.15, -0.1) is 0 Å². The number of ether oxygens (including phenoxy) is 1. The van der Waals surface area contributed by atoms with Crippen LogP contribution in [0.5, 0.6) is 5.75 Å². The van der Waals surface area contributed by atoms with Gasteiger partial charge in [-0.2, -0.15) is 0 Å². The molecule has 0 unspecified atom stereocenters. The number of benzene rings is 1. The second-order valence-corrected chi connectivity index (χ2v) is 7.27. The molecule has 1 aliphatic rings. The number of halogens is 1. The molecule has 0 spiro atoms. The third-order valence-electron chi connectivity index (χ3n) is 3.16. The Bertz CT molecular complexity index is 557. The van der Waals surface area contributed by atoms with E-state index >= 15 is 0 Å². The topological polar surface area (TPSA) is 67.4 Å². The summed E-state index contributed by atoms with van der Waals surface area (Å²) < 4.78 is 33.9. The molecule has 2 N–H and O–H groups in total. The standard InChI is InChI=1S/C13H19BrN2O3S/c1-2-19-12-4-3-10(14)9-13(12)20(17,18)16-11-5-7-15-8-6-11/h3-4,9,11,15-16H,2,5-8H2,1H3. The number of hydrogen-bond acceptors (Lipinski definition) is 4. The van der Waals surface area contributed by atoms with Gasteiger partial charge in [0.05, 0.1) is 6.61 Å². The summed E-state index contributed by atoms with van der Waals surface area (Å²) in [4.78, 5) is 0.187. The van der Waals surface area contributed by atoms with Crippen molar-refractivity contribution in [2.45, 2.75) is 30.7 Å². The predicted molar refractivity (Wildman–Crippen MR) is 81.5 cm³/mol. The van der Waals surface area contributed by atoms with Crippen molar-refractivity contribution in [3.8, 4) is 5.75 Å². The highest BCUT2D eigenvalue weighted by molar-refractivity contribution is 9.10. The highest BCUT2D eigenvalue weighted by Gasteiger charge is 2.25. The van der Waals surface area contributed by atoms with Gasteiger partial charge in [0.15, 0.2) is 0 Å². The van der Waals surface area contributed by atoms with Crippen molar-refractivity contribution in [3.05, 3.63) is 22.7 Å². The number of hydrogen-bond donors (Lipinski definition) is 2. The van der Waals surface area contributed by atoms with Crippen LogP contribution in [0.25, 0.3) is 0 Å². The Kier molecular flexibility index (Phi) is 5.42. The van der Waals surface area contributed by atoms with Crippen LogP contribution in [0.15, 0.2) is 27.6 Å². The van der Waals surface area contributed by atoms with Crippen LogP contribution in [0.4, 0.5) is 0 Å². The maximum atomic E-state index is 12.5. The molecule has 7 heteroatoms. The molecule has 0 aromatic heterocycles. The molecule has 0 radical (unpaired) electrons. The van der Waals surface area contributed by atoms with Crippen LogP contribution in [0, 0.1) is 0 Å². The SMILES string of the molecule is CCOc1ccc(Br)cc1S(=O)(=O)NC1CCNCC1. The molecule has 1 heterocycles. The zero-order chi connectivity index (χ0) is 14.6. The van der Waals surface area contributed by atoms with Crippen LogP contribution in [0.2, 0.25) is 0 Å². The van der Waals surface area contributed by atoms with Crippen molar-refractivity contribution in [3.63, 3.8) is 0 Å². The van der Waals surface area contributed by atoms with Gasteiger partial charge in [0.1, 0.15) is 10.6 Å². The van der Waals surface area contributed by atoms with Crippen molar-refractivity contribution in [2.75, 3.05) is 19.7 Å². The summed E-state index contributed by atoms with van der Waals surface area (Å²) in [7, 11) is -3.57. The Hall–Kier alpha value is -0.630. The minimum Gasteiger partial charge on any atom is -0.492 e. The number of piperidine rings is 1. The lowest BCUT2D eigenvalue weighted by Gasteiger charge is -2.24. The lowest BCUT2D eigenvalue weighted by atomic mass is 10.1. The Morgan fingerprint density at radius 2 is 2.10 bits per heavy atom. The molecule has 1 aromatic carbocycles. The molecule has 1 aromatic rings. The van der Waals surface area contributed by atoms with Gasteiger partial charge in [-0.05, 0) is 51.1 Å². The molecule has 0 saturated carbocycles. The summed E-state index contributed by atoms with van der Waals surface area (Å²) in [6, 6.07) is 5.00. The molecule has 0 bridgehead atoms. The number of nitrogens with one attached hydrogen (secondary N) is 2. The van der Waals surface area contributed by atoms with Crippen LogP contribution in [0.1, 0.15) is 19.8 Å². The fourth-order valence-corrected chi connectivity index (χ4v) is 4.18. The summed E-state index contributed by atoms with van der Waals surface area (Å²) >= 11 is 3.31. The van der Waals surface area contributed by atoms with Crippen LogP contribution < -0.4 is 14.8 Å². The summed E-state index contributed by atoms with van der Waals surface area (Å²) in [5, 5.41) is 3.21. The first kappa shape index (κ1) is 15.8. The largest absolute Gasteiger partial charge is 0.492 e. The third-order valence-corrected chi connectivity index (χ3v) is 5.19. The maximum absolute atomic E-state index is 12.5. The van der Waals surface area contributed by atoms with Gasteiger partial charge in [-0.1, -0.05) is 15.9 Å². The first-order chi connectivity index (χ1) is 9.53. The van der Waals surface area contributed by atoms with Crippen LogP contribution in [-0.2, 0) is 10.0 Å². The molecular weight excluding hydrogens is 344 g/mol. The van der Waals surface area contributed by atoms with E-state index in [1.54, 1.807) is 18.2 Å². The molecule has 0 aliphatic carbocycles. The number of sulfonamides is 1. The average molecular weight is 363 g/mol. The highest BCUT2D eigenvalue weighted by Crippen LogP contribution is 2.28. The molecule has 112 valence electrons. The van der Waals surface area contributed by atoms with Crippen molar-refractivity contribution < 1.29 is 13.2 Å². The van der Waals surface area contributed by atoms with Crippen LogP contribution in [-0.4, -0.2) is 34.2 Å². The zero-order valence-electron chi connectivity index (χ0n) is 11.4. The minimum absolute atomic E-state index is 0.0188. The smallest absolute Gasteiger partial charge is 0.244 e. The summed E-state index contributed by atoms with van der Waals surface area (Å²) in [5.74, 6) is 0.386. The van der Waals surface area contributed by atoms with Gasteiger partial charge in [-0.3, -0.25) is 0 Å². The van der Waals surface area contributed by atoms with Crippen LogP contribution in [0.3, 0.4) is 0 Å². The molecule has 1 aliphatic heterocycles. The van der Waals surface area contributed by atoms with E-state index in [0.717, 1.165) is 25.9 Å². The van der Waals surface area contributed by atoms with E-state index in [4.69, 9.17) is 4.74 Å². The quantitative estimate of drug-likeness (QED) is 0.838. The maximum Gasteiger partial charge on any atom is 0.244 e. The molecule has 1 fully saturated rings. The fourth-order valence-electron chi connectivity index (χ4n) is 2.19. The van der Waals surface area contributed by atoms with Gasteiger partial charge in [0.25, 0.3) is 0 Å². The van der Waals surface area contributed by atoms with E-state index < -0.39 is 10.0 Å². The van der Waals surface area contributed by atoms with Gasteiger partial charge in [0.2, 0.25) is 10.0 Å². The second kappa shape index (κ2) is 6.89. The average Bonchev–Trinajstić information content (AvgIpc) is 2.41. The van der Waals surface area contributed by atoms with E-state index in [1.807, 2.05) is 6.92 Å². The molecule has 20 heavy (non-hydrogen) atoms. The Morgan fingerprint density at radius 3 is 2.75 bits per heavy atom. The van der Waals surface area contributed by atoms with Crippen molar-refractivity contribution in [1.29, 1.82) is 0 Å². The van der Waals surface area contributed by atoms with E-state index in [2.05, 4.69) is 26.0 Å². The summed E-state index contributed by atoms with van der Waals surface area (Å²) in [6.07, 6.45) is 1.61. The Labute approximate surface area is 128 Å². The van der Waals surface area contributed by atoms with Crippen molar-refractivity contribution in [2.24, 2.45) is 0 Å². The molecular formula is C13H19BrN2O3S. The fraction of sp³-hybridized carbons (Fsp3) is 0.538. The number of rotatable bonds is 5. The van der Waals surface area contributed by atoms with Crippen molar-refractivity contribution >= 4 is 26.0 Å². The van der Waals surface area contributed by atoms with E-state index in [-0.39, 0.29) is 10.9 Å². The predicted octanol–water partition coefficient (Wildman–Crippen LogP) is 1.88. The monoisotopic (exact) mass is 362 g/mol. The molecule has 1 saturated heterocycles. The van der Waals surface area contributed by atoms with Crippen molar-refractivity contribution in [1.82, 2.24) is 10.0 Å². The molecule has 2 rings (SSSR count). The van der Waals surface area contributed by atoms with Gasteiger partial charge in [0, 0.05) is 10.5 Å². The molecule has 5 nitrogen and oxygen atoms in total. The molecule has 0 amide bonds. The van der Waals surface area contributed by atoms with Gasteiger partial charge < -0.3 is 10.1 Å². The van der Waals surface area contributed by atoms with E-state index in [1.165, 1.54) is 0 Å². The van der Waals surface area contributed by atoms with E-state index in [0.29, 0.717) is 16.8 Å². The normalized spacial score (nSPS) is 17.1. The van der Waals surface area contributed by atoms with E-state index in [9.17, 15) is 8.42 Å². The lowest BCUT2D eigenvalue weighted by molar-refractivity contribution is 0.330. The Morgan fingerprint density at radius 1 is 1.40 bits per heavy atom. The first-order valence-corrected chi connectivity index (χ1v) is 8.96. The summed E-state index contributed by atoms with van der Waals surface area (Å²) in [6.45, 7) is 3.93. The van der Waals surface area contributed by atoms with Crippen LogP contribution >= 0.6 is 15.9 Å². The summed E-state index contributed by atoms with van der Waals surface area (Å²) in [5.41, 5.74) is 0. The zero-order valence-corrected chi connectivity index (χ0v) is 13.8.